The molecule has 0 amide bonds. The van der Waals surface area contributed by atoms with Gasteiger partial charge in [-0.25, -0.2) is 4.39 Å². The minimum atomic E-state index is -0.567. The number of hydrogen-bond donors (Lipinski definition) is 1. The average molecular weight is 227 g/mol. The molecule has 0 radical (unpaired) electrons. The van der Waals surface area contributed by atoms with Crippen LogP contribution in [-0.2, 0) is 11.3 Å². The van der Waals surface area contributed by atoms with Gasteiger partial charge in [-0.3, -0.25) is 0 Å². The van der Waals surface area contributed by atoms with Gasteiger partial charge in [0.25, 0.3) is 0 Å². The lowest BCUT2D eigenvalue weighted by atomic mass is 10.2. The highest BCUT2D eigenvalue weighted by molar-refractivity contribution is 5.33. The summed E-state index contributed by atoms with van der Waals surface area (Å²) >= 11 is 0. The number of phenolic OH excluding ortho intramolecular Hbond substituents is 1. The van der Waals surface area contributed by atoms with Crippen LogP contribution in [-0.4, -0.2) is 37.3 Å². The predicted molar refractivity (Wildman–Crippen MR) is 60.9 cm³/mol. The zero-order valence-electron chi connectivity index (χ0n) is 9.74. The molecule has 0 spiro atoms. The van der Waals surface area contributed by atoms with Crippen LogP contribution >= 0.6 is 0 Å². The highest BCUT2D eigenvalue weighted by Crippen LogP contribution is 2.21. The molecular formula is C12H18FNO2. The van der Waals surface area contributed by atoms with Gasteiger partial charge in [0.15, 0.2) is 11.6 Å². The van der Waals surface area contributed by atoms with Gasteiger partial charge in [-0.05, 0) is 19.5 Å². The van der Waals surface area contributed by atoms with Crippen molar-refractivity contribution in [3.63, 3.8) is 0 Å². The fraction of sp³-hybridized carbons (Fsp3) is 0.500. The SMILES string of the molecule is COCCCN(C)Cc1cccc(F)c1O. The van der Waals surface area contributed by atoms with Gasteiger partial charge in [0.05, 0.1) is 0 Å². The van der Waals surface area contributed by atoms with Gasteiger partial charge < -0.3 is 14.7 Å². The summed E-state index contributed by atoms with van der Waals surface area (Å²) in [5, 5.41) is 9.49. The van der Waals surface area contributed by atoms with Crippen LogP contribution < -0.4 is 0 Å². The average Bonchev–Trinajstić information content (AvgIpc) is 2.25. The molecule has 1 aromatic carbocycles. The number of rotatable bonds is 6. The van der Waals surface area contributed by atoms with Gasteiger partial charge >= 0.3 is 0 Å². The molecule has 0 aliphatic rings. The molecule has 4 heteroatoms. The maximum Gasteiger partial charge on any atom is 0.165 e. The van der Waals surface area contributed by atoms with E-state index in [4.69, 9.17) is 4.74 Å². The van der Waals surface area contributed by atoms with E-state index in [9.17, 15) is 9.50 Å². The van der Waals surface area contributed by atoms with Crippen molar-refractivity contribution < 1.29 is 14.2 Å². The molecule has 0 aliphatic heterocycles. The molecule has 0 aliphatic carbocycles. The van der Waals surface area contributed by atoms with Crippen LogP contribution in [0.3, 0.4) is 0 Å². The van der Waals surface area contributed by atoms with E-state index in [0.717, 1.165) is 13.0 Å². The zero-order chi connectivity index (χ0) is 12.0. The second-order valence-electron chi connectivity index (χ2n) is 3.83. The number of ether oxygens (including phenoxy) is 1. The third-order valence-corrected chi connectivity index (χ3v) is 2.40. The minimum Gasteiger partial charge on any atom is -0.505 e. The van der Waals surface area contributed by atoms with Crippen molar-refractivity contribution in [2.24, 2.45) is 0 Å². The van der Waals surface area contributed by atoms with Gasteiger partial charge in [-0.2, -0.15) is 0 Å². The van der Waals surface area contributed by atoms with Gasteiger partial charge in [0.1, 0.15) is 0 Å². The number of aromatic hydroxyl groups is 1. The largest absolute Gasteiger partial charge is 0.505 e. The Hall–Kier alpha value is -1.13. The van der Waals surface area contributed by atoms with Crippen molar-refractivity contribution in [2.45, 2.75) is 13.0 Å². The second kappa shape index (κ2) is 6.45. The number of hydrogen-bond acceptors (Lipinski definition) is 3. The molecule has 16 heavy (non-hydrogen) atoms. The quantitative estimate of drug-likeness (QED) is 0.754. The summed E-state index contributed by atoms with van der Waals surface area (Å²) in [7, 11) is 3.60. The van der Waals surface area contributed by atoms with Gasteiger partial charge in [-0.15, -0.1) is 0 Å². The molecule has 0 unspecified atom stereocenters. The van der Waals surface area contributed by atoms with Crippen LogP contribution in [0.4, 0.5) is 4.39 Å². The molecule has 0 saturated carbocycles. The Balaban J connectivity index is 2.49. The monoisotopic (exact) mass is 227 g/mol. The van der Waals surface area contributed by atoms with Crippen LogP contribution in [0.15, 0.2) is 18.2 Å². The predicted octanol–water partition coefficient (Wildman–Crippen LogP) is 2.00. The molecule has 0 saturated heterocycles. The maximum atomic E-state index is 13.0. The zero-order valence-corrected chi connectivity index (χ0v) is 9.74. The summed E-state index contributed by atoms with van der Waals surface area (Å²) in [6.45, 7) is 2.09. The Kier molecular flexibility index (Phi) is 5.22. The first kappa shape index (κ1) is 12.9. The van der Waals surface area contributed by atoms with Gasteiger partial charge in [0.2, 0.25) is 0 Å². The maximum absolute atomic E-state index is 13.0. The lowest BCUT2D eigenvalue weighted by Gasteiger charge is -2.17. The highest BCUT2D eigenvalue weighted by atomic mass is 19.1. The van der Waals surface area contributed by atoms with E-state index in [1.54, 1.807) is 19.2 Å². The second-order valence-corrected chi connectivity index (χ2v) is 3.83. The molecule has 0 bridgehead atoms. The van der Waals surface area contributed by atoms with Crippen molar-refractivity contribution in [2.75, 3.05) is 27.3 Å². The van der Waals surface area contributed by atoms with Crippen molar-refractivity contribution in [1.82, 2.24) is 4.90 Å². The van der Waals surface area contributed by atoms with E-state index in [1.807, 2.05) is 11.9 Å². The van der Waals surface area contributed by atoms with Crippen LogP contribution in [0.1, 0.15) is 12.0 Å². The van der Waals surface area contributed by atoms with Gasteiger partial charge in [0, 0.05) is 32.4 Å². The van der Waals surface area contributed by atoms with Crippen molar-refractivity contribution in [3.8, 4) is 5.75 Å². The van der Waals surface area contributed by atoms with Crippen molar-refractivity contribution >= 4 is 0 Å². The summed E-state index contributed by atoms with van der Waals surface area (Å²) in [5.74, 6) is -0.816. The van der Waals surface area contributed by atoms with Crippen LogP contribution in [0.2, 0.25) is 0 Å². The van der Waals surface area contributed by atoms with E-state index >= 15 is 0 Å². The van der Waals surface area contributed by atoms with E-state index in [1.165, 1.54) is 6.07 Å². The van der Waals surface area contributed by atoms with Crippen molar-refractivity contribution in [3.05, 3.63) is 29.6 Å². The fourth-order valence-electron chi connectivity index (χ4n) is 1.54. The standard InChI is InChI=1S/C12H18FNO2/c1-14(7-4-8-16-2)9-10-5-3-6-11(13)12(10)15/h3,5-6,15H,4,7-9H2,1-2H3. The number of nitrogens with zero attached hydrogens (tertiary/aromatic N) is 1. The normalized spacial score (nSPS) is 11.0. The Morgan fingerprint density at radius 2 is 2.19 bits per heavy atom. The summed E-state index contributed by atoms with van der Waals surface area (Å²) in [6, 6.07) is 4.59. The third kappa shape index (κ3) is 3.79. The lowest BCUT2D eigenvalue weighted by Crippen LogP contribution is -2.20. The molecule has 0 atom stereocenters. The minimum absolute atomic E-state index is 0.249. The summed E-state index contributed by atoms with van der Waals surface area (Å²) in [4.78, 5) is 2.02. The Morgan fingerprint density at radius 1 is 1.44 bits per heavy atom. The molecule has 0 fully saturated rings. The fourth-order valence-corrected chi connectivity index (χ4v) is 1.54. The Bertz CT molecular complexity index is 331. The first-order chi connectivity index (χ1) is 7.65. The number of phenols is 1. The number of halogens is 1. The van der Waals surface area contributed by atoms with E-state index in [0.29, 0.717) is 18.7 Å². The number of methoxy groups -OCH3 is 1. The molecule has 1 N–H and O–H groups in total. The highest BCUT2D eigenvalue weighted by Gasteiger charge is 2.08. The number of para-hydroxylation sites is 1. The molecule has 90 valence electrons. The Labute approximate surface area is 95.5 Å². The molecule has 3 nitrogen and oxygen atoms in total. The summed E-state index contributed by atoms with van der Waals surface area (Å²) < 4.78 is 18.0. The third-order valence-electron chi connectivity index (χ3n) is 2.40. The van der Waals surface area contributed by atoms with Crippen molar-refractivity contribution in [1.29, 1.82) is 0 Å². The van der Waals surface area contributed by atoms with Gasteiger partial charge in [-0.1, -0.05) is 12.1 Å². The van der Waals surface area contributed by atoms with Crippen LogP contribution in [0.25, 0.3) is 0 Å². The molecule has 0 aromatic heterocycles. The summed E-state index contributed by atoms with van der Waals surface area (Å²) in [6.07, 6.45) is 0.920. The first-order valence-electron chi connectivity index (χ1n) is 5.29. The first-order valence-corrected chi connectivity index (χ1v) is 5.29. The van der Waals surface area contributed by atoms with E-state index in [2.05, 4.69) is 0 Å². The lowest BCUT2D eigenvalue weighted by molar-refractivity contribution is 0.177. The Morgan fingerprint density at radius 3 is 2.88 bits per heavy atom. The van der Waals surface area contributed by atoms with Crippen LogP contribution in [0.5, 0.6) is 5.75 Å². The molecule has 1 aromatic rings. The molecule has 1 rings (SSSR count). The topological polar surface area (TPSA) is 32.7 Å². The molecular weight excluding hydrogens is 209 g/mol. The molecule has 0 heterocycles. The summed E-state index contributed by atoms with van der Waals surface area (Å²) in [5.41, 5.74) is 0.611. The van der Waals surface area contributed by atoms with Crippen LogP contribution in [0, 0.1) is 5.82 Å². The van der Waals surface area contributed by atoms with E-state index < -0.39 is 5.82 Å². The smallest absolute Gasteiger partial charge is 0.165 e. The van der Waals surface area contributed by atoms with E-state index in [-0.39, 0.29) is 5.75 Å². The number of benzene rings is 1.